The molecule has 0 bridgehead atoms. The number of nitrogens with one attached hydrogen (secondary N) is 1. The number of carbonyl (C=O) groups is 2. The number of nitriles is 1. The van der Waals surface area contributed by atoms with Gasteiger partial charge in [-0.2, -0.15) is 36.6 Å². The van der Waals surface area contributed by atoms with Gasteiger partial charge >= 0.3 is 17.7 Å². The fourth-order valence-electron chi connectivity index (χ4n) is 4.43. The summed E-state index contributed by atoms with van der Waals surface area (Å²) in [4.78, 5) is 34.0. The largest absolute Gasteiger partial charge is 0.501 e. The highest BCUT2D eigenvalue weighted by molar-refractivity contribution is 8.15. The third-order valence-electron chi connectivity index (χ3n) is 6.81. The summed E-state index contributed by atoms with van der Waals surface area (Å²) in [6, 6.07) is 13.4. The molecule has 1 aromatic heterocycles. The maximum atomic E-state index is 13.0. The Morgan fingerprint density at radius 1 is 1.08 bits per heavy atom. The van der Waals surface area contributed by atoms with E-state index in [-0.39, 0.29) is 45.1 Å². The number of benzene rings is 3. The number of nitrogens with zero attached hydrogens (tertiary/aromatic N) is 6. The highest BCUT2D eigenvalue weighted by Crippen LogP contribution is 2.36. The Bertz CT molecular complexity index is 2140. The van der Waals surface area contributed by atoms with Crippen LogP contribution >= 0.6 is 11.8 Å². The van der Waals surface area contributed by atoms with Gasteiger partial charge in [0.2, 0.25) is 5.91 Å². The summed E-state index contributed by atoms with van der Waals surface area (Å²) in [6.07, 6.45) is -4.46. The van der Waals surface area contributed by atoms with Gasteiger partial charge in [-0.3, -0.25) is 9.69 Å². The van der Waals surface area contributed by atoms with E-state index in [1.807, 2.05) is 6.07 Å². The molecule has 0 atom stereocenters. The lowest BCUT2D eigenvalue weighted by atomic mass is 10.1. The molecule has 0 spiro atoms. The fraction of sp³-hybridized carbons (Fsp3) is 0.200. The molecule has 1 fully saturated rings. The van der Waals surface area contributed by atoms with E-state index in [2.05, 4.69) is 20.4 Å². The number of ether oxygens (including phenoxy) is 1. The first-order valence-electron chi connectivity index (χ1n) is 14.0. The predicted octanol–water partition coefficient (Wildman–Crippen LogP) is 6.41. The van der Waals surface area contributed by atoms with Crippen molar-refractivity contribution in [3.05, 3.63) is 78.1 Å². The molecule has 5 rings (SSSR count). The first-order valence-corrected chi connectivity index (χ1v) is 16.5. The van der Waals surface area contributed by atoms with Gasteiger partial charge in [-0.15, -0.1) is 5.10 Å². The summed E-state index contributed by atoms with van der Waals surface area (Å²) in [5.74, 6) is -0.552. The number of hydrogen-bond acceptors (Lipinski definition) is 9. The van der Waals surface area contributed by atoms with Gasteiger partial charge in [0, 0.05) is 5.56 Å². The standard InChI is InChI=1S/C30H21F6N7O5S2/c1-17-2-9-24(48-11-10-29(31,32)33)23(12-17)43-25(44)15-49-28(43)40-27(45)39-22-8-3-18(13-19(22)14-37)26-38-16-42(41-26)20-4-6-21(7-5-20)50(46,47)30(34,35)36/h2-9,12-13,16H,10-11,15H2,1H3,(H,39,45)/b40-28-. The highest BCUT2D eigenvalue weighted by Gasteiger charge is 2.46. The molecule has 0 radical (unpaired) electrons. The molecule has 0 saturated carbocycles. The summed E-state index contributed by atoms with van der Waals surface area (Å²) in [5, 5.41) is 16.4. The van der Waals surface area contributed by atoms with Gasteiger partial charge in [0.25, 0.3) is 9.84 Å². The maximum Gasteiger partial charge on any atom is 0.501 e. The number of thioether (sulfide) groups is 1. The molecule has 1 aliphatic heterocycles. The number of amidine groups is 1. The van der Waals surface area contributed by atoms with E-state index in [0.29, 0.717) is 11.1 Å². The van der Waals surface area contributed by atoms with Crippen LogP contribution in [0, 0.1) is 18.3 Å². The van der Waals surface area contributed by atoms with E-state index in [4.69, 9.17) is 4.74 Å². The molecule has 20 heteroatoms. The van der Waals surface area contributed by atoms with Crippen molar-refractivity contribution in [1.82, 2.24) is 14.8 Å². The molecular weight excluding hydrogens is 716 g/mol. The number of anilines is 2. The van der Waals surface area contributed by atoms with Crippen LogP contribution < -0.4 is 15.0 Å². The number of rotatable bonds is 8. The van der Waals surface area contributed by atoms with Crippen LogP contribution in [0.3, 0.4) is 0 Å². The number of amides is 3. The first kappa shape index (κ1) is 35.9. The SMILES string of the molecule is Cc1ccc(OCCC(F)(F)F)c(N2C(=O)CS/C2=N\C(=O)Nc2ccc(-c3ncn(-c4ccc(S(=O)(=O)C(F)(F)F)cc4)n3)cc2C#N)c1. The van der Waals surface area contributed by atoms with Crippen LogP contribution in [0.15, 0.2) is 76.9 Å². The predicted molar refractivity (Wildman–Crippen MR) is 168 cm³/mol. The minimum atomic E-state index is -5.54. The molecule has 50 heavy (non-hydrogen) atoms. The third kappa shape index (κ3) is 7.89. The monoisotopic (exact) mass is 737 g/mol. The number of alkyl halides is 6. The Hall–Kier alpha value is -5.42. The lowest BCUT2D eigenvalue weighted by Gasteiger charge is -2.20. The lowest BCUT2D eigenvalue weighted by Crippen LogP contribution is -2.31. The zero-order valence-corrected chi connectivity index (χ0v) is 26.9. The molecule has 3 aromatic carbocycles. The Labute approximate surface area is 283 Å². The Kier molecular flexibility index (Phi) is 9.92. The van der Waals surface area contributed by atoms with E-state index in [1.165, 1.54) is 41.3 Å². The quantitative estimate of drug-likeness (QED) is 0.202. The fourth-order valence-corrected chi connectivity index (χ4v) is 6.05. The summed E-state index contributed by atoms with van der Waals surface area (Å²) in [7, 11) is -5.54. The van der Waals surface area contributed by atoms with Gasteiger partial charge in [0.05, 0.1) is 46.3 Å². The van der Waals surface area contributed by atoms with Crippen LogP contribution in [0.2, 0.25) is 0 Å². The number of halogens is 6. The second-order valence-electron chi connectivity index (χ2n) is 10.4. The smallest absolute Gasteiger partial charge is 0.491 e. The molecule has 12 nitrogen and oxygen atoms in total. The van der Waals surface area contributed by atoms with Gasteiger partial charge in [-0.05, 0) is 67.1 Å². The maximum absolute atomic E-state index is 13.0. The molecule has 1 saturated heterocycles. The number of aryl methyl sites for hydroxylation is 1. The first-order chi connectivity index (χ1) is 23.5. The number of aromatic nitrogens is 3. The molecular formula is C30H21F6N7O5S2. The molecule has 0 unspecified atom stereocenters. The molecule has 4 aromatic rings. The zero-order chi connectivity index (χ0) is 36.4. The minimum Gasteiger partial charge on any atom is -0.491 e. The number of carbonyl (C=O) groups excluding carboxylic acids is 2. The van der Waals surface area contributed by atoms with Crippen LogP contribution in [-0.4, -0.2) is 64.3 Å². The number of sulfone groups is 1. The van der Waals surface area contributed by atoms with Crippen LogP contribution in [0.5, 0.6) is 5.75 Å². The van der Waals surface area contributed by atoms with Gasteiger partial charge < -0.3 is 10.1 Å². The average molecular weight is 738 g/mol. The average Bonchev–Trinajstić information content (AvgIpc) is 3.68. The van der Waals surface area contributed by atoms with Crippen molar-refractivity contribution < 1.29 is 49.1 Å². The Balaban J connectivity index is 1.33. The Morgan fingerprint density at radius 2 is 1.80 bits per heavy atom. The molecule has 3 amide bonds. The van der Waals surface area contributed by atoms with Crippen molar-refractivity contribution in [2.45, 2.75) is 29.9 Å². The van der Waals surface area contributed by atoms with Crippen LogP contribution in [-0.2, 0) is 14.6 Å². The summed E-state index contributed by atoms with van der Waals surface area (Å²) in [6.45, 7) is 0.996. The second kappa shape index (κ2) is 13.8. The summed E-state index contributed by atoms with van der Waals surface area (Å²) < 4.78 is 106. The molecule has 2 heterocycles. The Morgan fingerprint density at radius 3 is 2.46 bits per heavy atom. The van der Waals surface area contributed by atoms with Crippen LogP contribution in [0.25, 0.3) is 17.1 Å². The zero-order valence-electron chi connectivity index (χ0n) is 25.3. The molecule has 260 valence electrons. The molecule has 0 aliphatic carbocycles. The number of hydrogen-bond donors (Lipinski definition) is 1. The third-order valence-corrected chi connectivity index (χ3v) is 9.23. The van der Waals surface area contributed by atoms with Crippen molar-refractivity contribution in [2.24, 2.45) is 4.99 Å². The van der Waals surface area contributed by atoms with Gasteiger partial charge in [0.15, 0.2) is 11.0 Å². The molecule has 1 N–H and O–H groups in total. The van der Waals surface area contributed by atoms with Crippen molar-refractivity contribution >= 4 is 50.1 Å². The minimum absolute atomic E-state index is 0.0198. The van der Waals surface area contributed by atoms with Gasteiger partial charge in [-0.25, -0.2) is 22.9 Å². The summed E-state index contributed by atoms with van der Waals surface area (Å²) >= 11 is 0.914. The van der Waals surface area contributed by atoms with E-state index >= 15 is 0 Å². The van der Waals surface area contributed by atoms with E-state index in [1.54, 1.807) is 13.0 Å². The van der Waals surface area contributed by atoms with Crippen molar-refractivity contribution in [2.75, 3.05) is 22.6 Å². The van der Waals surface area contributed by atoms with Gasteiger partial charge in [-0.1, -0.05) is 17.8 Å². The molecule has 1 aliphatic rings. The normalized spacial score (nSPS) is 14.6. The second-order valence-corrected chi connectivity index (χ2v) is 13.2. The van der Waals surface area contributed by atoms with Gasteiger partial charge in [0.1, 0.15) is 18.1 Å². The van der Waals surface area contributed by atoms with Crippen molar-refractivity contribution in [3.8, 4) is 28.9 Å². The lowest BCUT2D eigenvalue weighted by molar-refractivity contribution is -0.139. The highest BCUT2D eigenvalue weighted by atomic mass is 32.2. The van der Waals surface area contributed by atoms with Crippen molar-refractivity contribution in [1.29, 1.82) is 5.26 Å². The summed E-state index contributed by atoms with van der Waals surface area (Å²) in [5.41, 5.74) is -4.22. The van der Waals surface area contributed by atoms with Crippen LogP contribution in [0.1, 0.15) is 17.5 Å². The van der Waals surface area contributed by atoms with E-state index in [0.717, 1.165) is 40.9 Å². The number of aliphatic imine (C=N–C) groups is 1. The topological polar surface area (TPSA) is 160 Å². The van der Waals surface area contributed by atoms with Crippen molar-refractivity contribution in [3.63, 3.8) is 0 Å². The van der Waals surface area contributed by atoms with E-state index in [9.17, 15) is 49.6 Å². The number of urea groups is 1. The van der Waals surface area contributed by atoms with Crippen LogP contribution in [0.4, 0.5) is 42.5 Å². The van der Waals surface area contributed by atoms with E-state index < -0.39 is 51.4 Å².